The summed E-state index contributed by atoms with van der Waals surface area (Å²) in [6.07, 6.45) is 0.404. The summed E-state index contributed by atoms with van der Waals surface area (Å²) in [6, 6.07) is 7.64. The molecule has 0 spiro atoms. The minimum Gasteiger partial charge on any atom is -0.325 e. The minimum atomic E-state index is -0.0268. The summed E-state index contributed by atoms with van der Waals surface area (Å²) < 4.78 is 0.745. The van der Waals surface area contributed by atoms with E-state index < -0.39 is 0 Å². The summed E-state index contributed by atoms with van der Waals surface area (Å²) in [7, 11) is 1.88. The second-order valence-electron chi connectivity index (χ2n) is 4.62. The maximum atomic E-state index is 11.5. The Morgan fingerprint density at radius 2 is 2.15 bits per heavy atom. The number of carbonyl (C=O) groups excluding carboxylic acids is 1. The predicted molar refractivity (Wildman–Crippen MR) is 84.0 cm³/mol. The monoisotopic (exact) mass is 326 g/mol. The maximum absolute atomic E-state index is 11.5. The van der Waals surface area contributed by atoms with Crippen LogP contribution in [0.2, 0.25) is 9.36 Å². The molecule has 1 unspecified atom stereocenters. The number of fused-ring (bicyclic) bond motifs is 1. The Hall–Kier alpha value is -1.07. The van der Waals surface area contributed by atoms with Crippen LogP contribution in [0.3, 0.4) is 0 Å². The lowest BCUT2D eigenvalue weighted by Gasteiger charge is -2.17. The zero-order valence-corrected chi connectivity index (χ0v) is 13.0. The van der Waals surface area contributed by atoms with Crippen LogP contribution in [0.25, 0.3) is 0 Å². The van der Waals surface area contributed by atoms with Gasteiger partial charge in [-0.05, 0) is 42.4 Å². The van der Waals surface area contributed by atoms with Gasteiger partial charge in [0, 0.05) is 15.6 Å². The van der Waals surface area contributed by atoms with E-state index in [1.54, 1.807) is 0 Å². The lowest BCUT2D eigenvalue weighted by atomic mass is 10.0. The van der Waals surface area contributed by atoms with Gasteiger partial charge in [0.05, 0.1) is 16.8 Å². The second-order valence-corrected chi connectivity index (χ2v) is 6.77. The molecular weight excluding hydrogens is 315 g/mol. The minimum absolute atomic E-state index is 0.00777. The molecule has 1 aromatic heterocycles. The van der Waals surface area contributed by atoms with Crippen LogP contribution in [0.4, 0.5) is 5.69 Å². The van der Waals surface area contributed by atoms with Crippen molar-refractivity contribution in [2.24, 2.45) is 0 Å². The van der Waals surface area contributed by atoms with Crippen LogP contribution in [0.15, 0.2) is 24.3 Å². The number of hydrogen-bond donors (Lipinski definition) is 2. The molecule has 1 aliphatic rings. The summed E-state index contributed by atoms with van der Waals surface area (Å²) in [5, 5.41) is 6.69. The van der Waals surface area contributed by atoms with Gasteiger partial charge in [-0.2, -0.15) is 0 Å². The van der Waals surface area contributed by atoms with Crippen LogP contribution in [-0.4, -0.2) is 13.0 Å². The van der Waals surface area contributed by atoms with Gasteiger partial charge in [0.1, 0.15) is 0 Å². The van der Waals surface area contributed by atoms with Crippen LogP contribution in [0, 0.1) is 0 Å². The Kier molecular flexibility index (Phi) is 3.73. The Bertz CT molecular complexity index is 684. The smallest absolute Gasteiger partial charge is 0.228 e. The number of rotatable bonds is 3. The van der Waals surface area contributed by atoms with Crippen molar-refractivity contribution in [3.05, 3.63) is 49.6 Å². The summed E-state index contributed by atoms with van der Waals surface area (Å²) in [4.78, 5) is 12.5. The highest BCUT2D eigenvalue weighted by Gasteiger charge is 2.23. The van der Waals surface area contributed by atoms with Crippen LogP contribution >= 0.6 is 34.5 Å². The van der Waals surface area contributed by atoms with Crippen molar-refractivity contribution in [2.45, 2.75) is 12.5 Å². The molecule has 2 aromatic rings. The number of halogens is 2. The fourth-order valence-corrected chi connectivity index (χ4v) is 3.89. The Morgan fingerprint density at radius 3 is 2.80 bits per heavy atom. The molecule has 0 bridgehead atoms. The van der Waals surface area contributed by atoms with E-state index in [1.807, 2.05) is 31.3 Å². The highest BCUT2D eigenvalue weighted by Crippen LogP contribution is 2.37. The number of thiophene rings is 1. The number of benzene rings is 1. The Balaban J connectivity index is 2.05. The van der Waals surface area contributed by atoms with Crippen LogP contribution < -0.4 is 10.6 Å². The highest BCUT2D eigenvalue weighted by molar-refractivity contribution is 7.16. The molecule has 0 saturated carbocycles. The fraction of sp³-hybridized carbons (Fsp3) is 0.214. The number of amides is 1. The zero-order chi connectivity index (χ0) is 14.3. The second kappa shape index (κ2) is 5.37. The SMILES string of the molecule is CNC(c1ccc(Cl)s1)c1cc2c(cc1Cl)NC(=O)C2. The summed E-state index contributed by atoms with van der Waals surface area (Å²) in [6.45, 7) is 0. The van der Waals surface area contributed by atoms with Crippen molar-refractivity contribution >= 4 is 46.1 Å². The Morgan fingerprint density at radius 1 is 1.35 bits per heavy atom. The number of anilines is 1. The van der Waals surface area contributed by atoms with Gasteiger partial charge in [-0.3, -0.25) is 4.79 Å². The van der Waals surface area contributed by atoms with Gasteiger partial charge in [-0.15, -0.1) is 11.3 Å². The molecule has 2 heterocycles. The third-order valence-corrected chi connectivity index (χ3v) is 4.95. The lowest BCUT2D eigenvalue weighted by molar-refractivity contribution is -0.115. The lowest BCUT2D eigenvalue weighted by Crippen LogP contribution is -2.17. The van der Waals surface area contributed by atoms with E-state index in [0.29, 0.717) is 11.4 Å². The molecule has 104 valence electrons. The average molecular weight is 327 g/mol. The molecule has 2 N–H and O–H groups in total. The first-order valence-corrected chi connectivity index (χ1v) is 7.70. The molecule has 0 aliphatic carbocycles. The van der Waals surface area contributed by atoms with E-state index in [2.05, 4.69) is 10.6 Å². The molecule has 3 nitrogen and oxygen atoms in total. The standard InChI is InChI=1S/C14H12Cl2N2OS/c1-17-14(11-2-3-12(16)20-11)8-4-7-5-13(19)18-10(7)6-9(8)15/h2-4,6,14,17H,5H2,1H3,(H,18,19). The van der Waals surface area contributed by atoms with E-state index >= 15 is 0 Å². The topological polar surface area (TPSA) is 41.1 Å². The maximum Gasteiger partial charge on any atom is 0.228 e. The molecule has 1 amide bonds. The van der Waals surface area contributed by atoms with E-state index in [-0.39, 0.29) is 11.9 Å². The van der Waals surface area contributed by atoms with E-state index in [1.165, 1.54) is 11.3 Å². The normalized spacial score (nSPS) is 15.1. The molecule has 3 rings (SSSR count). The quantitative estimate of drug-likeness (QED) is 0.899. The molecule has 1 atom stereocenters. The largest absolute Gasteiger partial charge is 0.325 e. The van der Waals surface area contributed by atoms with Crippen molar-refractivity contribution < 1.29 is 4.79 Å². The first-order valence-electron chi connectivity index (χ1n) is 6.13. The molecule has 0 radical (unpaired) electrons. The highest BCUT2D eigenvalue weighted by atomic mass is 35.5. The number of hydrogen-bond acceptors (Lipinski definition) is 3. The Labute approximate surface area is 130 Å². The molecule has 1 aliphatic heterocycles. The number of nitrogens with one attached hydrogen (secondary N) is 2. The molecule has 0 fully saturated rings. The van der Waals surface area contributed by atoms with Crippen LogP contribution in [0.5, 0.6) is 0 Å². The molecule has 0 saturated heterocycles. The molecular formula is C14H12Cl2N2OS. The molecule has 20 heavy (non-hydrogen) atoms. The van der Waals surface area contributed by atoms with Gasteiger partial charge in [0.25, 0.3) is 0 Å². The molecule has 1 aromatic carbocycles. The van der Waals surface area contributed by atoms with Crippen molar-refractivity contribution in [1.29, 1.82) is 0 Å². The van der Waals surface area contributed by atoms with E-state index in [0.717, 1.165) is 26.0 Å². The van der Waals surface area contributed by atoms with E-state index in [9.17, 15) is 4.79 Å². The number of carbonyl (C=O) groups is 1. The van der Waals surface area contributed by atoms with Crippen LogP contribution in [-0.2, 0) is 11.2 Å². The van der Waals surface area contributed by atoms with Crippen molar-refractivity contribution in [3.8, 4) is 0 Å². The van der Waals surface area contributed by atoms with E-state index in [4.69, 9.17) is 23.2 Å². The van der Waals surface area contributed by atoms with Gasteiger partial charge in [0.15, 0.2) is 0 Å². The van der Waals surface area contributed by atoms with Crippen LogP contribution in [0.1, 0.15) is 22.0 Å². The predicted octanol–water partition coefficient (Wildman–Crippen LogP) is 3.86. The first kappa shape index (κ1) is 13.9. The first-order chi connectivity index (χ1) is 9.58. The summed E-state index contributed by atoms with van der Waals surface area (Å²) >= 11 is 13.9. The molecule has 6 heteroatoms. The summed E-state index contributed by atoms with van der Waals surface area (Å²) in [5.41, 5.74) is 2.75. The fourth-order valence-electron chi connectivity index (χ4n) is 2.42. The van der Waals surface area contributed by atoms with Gasteiger partial charge >= 0.3 is 0 Å². The average Bonchev–Trinajstić information content (AvgIpc) is 2.96. The zero-order valence-electron chi connectivity index (χ0n) is 10.7. The van der Waals surface area contributed by atoms with Gasteiger partial charge in [0.2, 0.25) is 5.91 Å². The van der Waals surface area contributed by atoms with Gasteiger partial charge < -0.3 is 10.6 Å². The van der Waals surface area contributed by atoms with Crippen molar-refractivity contribution in [2.75, 3.05) is 12.4 Å². The van der Waals surface area contributed by atoms with Gasteiger partial charge in [-0.1, -0.05) is 23.2 Å². The van der Waals surface area contributed by atoms with Crippen molar-refractivity contribution in [3.63, 3.8) is 0 Å². The van der Waals surface area contributed by atoms with Crippen molar-refractivity contribution in [1.82, 2.24) is 5.32 Å². The summed E-state index contributed by atoms with van der Waals surface area (Å²) in [5.74, 6) is 0.00777. The third kappa shape index (κ3) is 2.44. The third-order valence-electron chi connectivity index (χ3n) is 3.33. The van der Waals surface area contributed by atoms with Gasteiger partial charge in [-0.25, -0.2) is 0 Å².